The van der Waals surface area contributed by atoms with Crippen LogP contribution in [0.15, 0.2) is 94.5 Å². The average molecular weight is 492 g/mol. The summed E-state index contributed by atoms with van der Waals surface area (Å²) in [7, 11) is 0. The first-order chi connectivity index (χ1) is 15.5. The molecule has 32 heavy (non-hydrogen) atoms. The standard InChI is InChI=1S/C26H26BrN3O2/c1-18(2)24(26(32)30-28-17-19-13-15-22(27)16-14-19)29-25(31)23(20-9-5-3-6-10-20)21-11-7-4-8-12-21/h3-18,23-24H,1-2H3,(H,29,31)(H,30,32)/b28-17-/t24-/m1/s1. The third-order valence-electron chi connectivity index (χ3n) is 5.03. The summed E-state index contributed by atoms with van der Waals surface area (Å²) in [6.45, 7) is 3.78. The first-order valence-corrected chi connectivity index (χ1v) is 11.2. The lowest BCUT2D eigenvalue weighted by molar-refractivity contribution is -0.130. The highest BCUT2D eigenvalue weighted by Crippen LogP contribution is 2.25. The molecule has 5 nitrogen and oxygen atoms in total. The summed E-state index contributed by atoms with van der Waals surface area (Å²) in [5.74, 6) is -1.22. The number of carbonyl (C=O) groups excluding carboxylic acids is 2. The van der Waals surface area contributed by atoms with Crippen LogP contribution in [0.1, 0.15) is 36.5 Å². The van der Waals surface area contributed by atoms with Crippen molar-refractivity contribution >= 4 is 34.0 Å². The predicted molar refractivity (Wildman–Crippen MR) is 131 cm³/mol. The number of amides is 2. The molecule has 0 aliphatic heterocycles. The number of nitrogens with zero attached hydrogens (tertiary/aromatic N) is 1. The summed E-state index contributed by atoms with van der Waals surface area (Å²) in [4.78, 5) is 26.2. The van der Waals surface area contributed by atoms with Crippen LogP contribution >= 0.6 is 15.9 Å². The molecule has 0 heterocycles. The second kappa shape index (κ2) is 11.4. The predicted octanol–water partition coefficient (Wildman–Crippen LogP) is 4.87. The van der Waals surface area contributed by atoms with Crippen molar-refractivity contribution in [3.05, 3.63) is 106 Å². The number of hydrogen-bond donors (Lipinski definition) is 2. The number of hydrogen-bond acceptors (Lipinski definition) is 3. The Morgan fingerprint density at radius 2 is 1.34 bits per heavy atom. The summed E-state index contributed by atoms with van der Waals surface area (Å²) in [5.41, 5.74) is 5.14. The van der Waals surface area contributed by atoms with Crippen molar-refractivity contribution in [3.63, 3.8) is 0 Å². The zero-order valence-corrected chi connectivity index (χ0v) is 19.6. The van der Waals surface area contributed by atoms with Gasteiger partial charge in [-0.1, -0.05) is 103 Å². The minimum Gasteiger partial charge on any atom is -0.343 e. The number of nitrogens with one attached hydrogen (secondary N) is 2. The van der Waals surface area contributed by atoms with Crippen LogP contribution in [0, 0.1) is 5.92 Å². The summed E-state index contributed by atoms with van der Waals surface area (Å²) < 4.78 is 0.965. The molecule has 3 aromatic carbocycles. The maximum atomic E-state index is 13.4. The molecule has 0 saturated heterocycles. The van der Waals surface area contributed by atoms with Crippen molar-refractivity contribution in [2.24, 2.45) is 11.0 Å². The summed E-state index contributed by atoms with van der Waals surface area (Å²) in [6.07, 6.45) is 1.57. The highest BCUT2D eigenvalue weighted by atomic mass is 79.9. The second-order valence-electron chi connectivity index (χ2n) is 7.77. The number of carbonyl (C=O) groups is 2. The van der Waals surface area contributed by atoms with Gasteiger partial charge in [0.1, 0.15) is 6.04 Å². The lowest BCUT2D eigenvalue weighted by Crippen LogP contribution is -2.50. The van der Waals surface area contributed by atoms with Crippen LogP contribution in [-0.2, 0) is 9.59 Å². The molecule has 1 atom stereocenters. The fourth-order valence-electron chi connectivity index (χ4n) is 3.35. The van der Waals surface area contributed by atoms with Crippen LogP contribution in [0.25, 0.3) is 0 Å². The molecule has 0 fully saturated rings. The van der Waals surface area contributed by atoms with Gasteiger partial charge >= 0.3 is 0 Å². The van der Waals surface area contributed by atoms with E-state index in [9.17, 15) is 9.59 Å². The van der Waals surface area contributed by atoms with E-state index < -0.39 is 12.0 Å². The van der Waals surface area contributed by atoms with Gasteiger partial charge in [-0.2, -0.15) is 5.10 Å². The molecule has 164 valence electrons. The zero-order chi connectivity index (χ0) is 22.9. The summed E-state index contributed by atoms with van der Waals surface area (Å²) in [6, 6.07) is 26.0. The minimum absolute atomic E-state index is 0.117. The van der Waals surface area contributed by atoms with Gasteiger partial charge in [-0.3, -0.25) is 9.59 Å². The van der Waals surface area contributed by atoms with Crippen LogP contribution in [0.5, 0.6) is 0 Å². The fourth-order valence-corrected chi connectivity index (χ4v) is 3.61. The van der Waals surface area contributed by atoms with Crippen LogP contribution in [0.2, 0.25) is 0 Å². The molecule has 0 unspecified atom stereocenters. The molecule has 0 aromatic heterocycles. The Morgan fingerprint density at radius 1 is 0.812 bits per heavy atom. The Labute approximate surface area is 197 Å². The molecule has 2 N–H and O–H groups in total. The second-order valence-corrected chi connectivity index (χ2v) is 8.69. The minimum atomic E-state index is -0.723. The molecular weight excluding hydrogens is 466 g/mol. The van der Waals surface area contributed by atoms with Gasteiger partial charge in [0.05, 0.1) is 12.1 Å². The number of rotatable bonds is 8. The summed E-state index contributed by atoms with van der Waals surface area (Å²) >= 11 is 3.39. The Morgan fingerprint density at radius 3 is 1.84 bits per heavy atom. The van der Waals surface area contributed by atoms with Crippen LogP contribution in [-0.4, -0.2) is 24.1 Å². The van der Waals surface area contributed by atoms with E-state index in [2.05, 4.69) is 31.8 Å². The fraction of sp³-hybridized carbons (Fsp3) is 0.192. The van der Waals surface area contributed by atoms with E-state index in [0.29, 0.717) is 0 Å². The van der Waals surface area contributed by atoms with Gasteiger partial charge < -0.3 is 5.32 Å². The van der Waals surface area contributed by atoms with Gasteiger partial charge in [-0.05, 0) is 34.7 Å². The lowest BCUT2D eigenvalue weighted by Gasteiger charge is -2.24. The monoisotopic (exact) mass is 491 g/mol. The van der Waals surface area contributed by atoms with Crippen molar-refractivity contribution in [3.8, 4) is 0 Å². The van der Waals surface area contributed by atoms with E-state index in [0.717, 1.165) is 21.2 Å². The quantitative estimate of drug-likeness (QED) is 0.348. The van der Waals surface area contributed by atoms with E-state index in [4.69, 9.17) is 0 Å². The van der Waals surface area contributed by atoms with Crippen molar-refractivity contribution in [1.29, 1.82) is 0 Å². The van der Waals surface area contributed by atoms with E-state index in [1.807, 2.05) is 98.8 Å². The number of hydrazone groups is 1. The zero-order valence-electron chi connectivity index (χ0n) is 18.0. The number of halogens is 1. The van der Waals surface area contributed by atoms with Crippen molar-refractivity contribution in [1.82, 2.24) is 10.7 Å². The third kappa shape index (κ3) is 6.37. The van der Waals surface area contributed by atoms with Gasteiger partial charge in [-0.15, -0.1) is 0 Å². The van der Waals surface area contributed by atoms with E-state index in [1.54, 1.807) is 6.21 Å². The highest BCUT2D eigenvalue weighted by Gasteiger charge is 2.29. The molecule has 0 aliphatic carbocycles. The topological polar surface area (TPSA) is 70.6 Å². The molecule has 2 amide bonds. The normalized spacial score (nSPS) is 12.2. The molecule has 0 saturated carbocycles. The van der Waals surface area contributed by atoms with Gasteiger partial charge in [0.25, 0.3) is 5.91 Å². The molecule has 0 spiro atoms. The van der Waals surface area contributed by atoms with Gasteiger partial charge in [-0.25, -0.2) is 5.43 Å². The Hall–Kier alpha value is -3.25. The van der Waals surface area contributed by atoms with Crippen molar-refractivity contribution in [2.75, 3.05) is 0 Å². The maximum Gasteiger partial charge on any atom is 0.262 e. The molecule has 3 rings (SSSR count). The van der Waals surface area contributed by atoms with Crippen LogP contribution in [0.4, 0.5) is 0 Å². The summed E-state index contributed by atoms with van der Waals surface area (Å²) in [5, 5.41) is 6.99. The number of benzene rings is 3. The molecule has 0 aliphatic rings. The Kier molecular flexibility index (Phi) is 8.34. The van der Waals surface area contributed by atoms with E-state index in [1.165, 1.54) is 0 Å². The van der Waals surface area contributed by atoms with Crippen LogP contribution < -0.4 is 10.7 Å². The molecule has 3 aromatic rings. The van der Waals surface area contributed by atoms with Gasteiger partial charge in [0, 0.05) is 4.47 Å². The SMILES string of the molecule is CC(C)[C@@H](NC(=O)C(c1ccccc1)c1ccccc1)C(=O)N/N=C\c1ccc(Br)cc1. The largest absolute Gasteiger partial charge is 0.343 e. The van der Waals surface area contributed by atoms with E-state index >= 15 is 0 Å². The lowest BCUT2D eigenvalue weighted by atomic mass is 9.89. The third-order valence-corrected chi connectivity index (χ3v) is 5.56. The van der Waals surface area contributed by atoms with Gasteiger partial charge in [0.2, 0.25) is 5.91 Å². The Bertz CT molecular complexity index is 1010. The highest BCUT2D eigenvalue weighted by molar-refractivity contribution is 9.10. The van der Waals surface area contributed by atoms with Crippen molar-refractivity contribution in [2.45, 2.75) is 25.8 Å². The molecule has 6 heteroatoms. The maximum absolute atomic E-state index is 13.4. The van der Waals surface area contributed by atoms with Gasteiger partial charge in [0.15, 0.2) is 0 Å². The first-order valence-electron chi connectivity index (χ1n) is 10.4. The van der Waals surface area contributed by atoms with E-state index in [-0.39, 0.29) is 17.7 Å². The first kappa shape index (κ1) is 23.4. The van der Waals surface area contributed by atoms with Crippen LogP contribution in [0.3, 0.4) is 0 Å². The smallest absolute Gasteiger partial charge is 0.262 e. The Balaban J connectivity index is 1.75. The van der Waals surface area contributed by atoms with Crippen molar-refractivity contribution < 1.29 is 9.59 Å². The molecule has 0 radical (unpaired) electrons. The average Bonchev–Trinajstić information content (AvgIpc) is 2.80. The molecular formula is C26H26BrN3O2. The molecule has 0 bridgehead atoms.